The maximum absolute atomic E-state index is 10.8. The summed E-state index contributed by atoms with van der Waals surface area (Å²) in [5.74, 6) is 0.746. The minimum absolute atomic E-state index is 0.164. The van der Waals surface area contributed by atoms with Gasteiger partial charge in [-0.2, -0.15) is 0 Å². The molecular formula is C11H17NO3. The highest BCUT2D eigenvalue weighted by molar-refractivity contribution is 5.69. The molecule has 0 spiro atoms. The number of nitrogens with one attached hydrogen (secondary N) is 1. The van der Waals surface area contributed by atoms with Crippen molar-refractivity contribution >= 4 is 5.97 Å². The number of carbonyl (C=O) groups is 1. The summed E-state index contributed by atoms with van der Waals surface area (Å²) in [6.07, 6.45) is 2.88. The fourth-order valence-corrected chi connectivity index (χ4v) is 1.29. The minimum Gasteiger partial charge on any atom is -0.469 e. The van der Waals surface area contributed by atoms with Crippen molar-refractivity contribution < 1.29 is 13.9 Å². The van der Waals surface area contributed by atoms with Crippen LogP contribution in [0.5, 0.6) is 0 Å². The van der Waals surface area contributed by atoms with E-state index >= 15 is 0 Å². The van der Waals surface area contributed by atoms with E-state index in [0.29, 0.717) is 6.42 Å². The van der Waals surface area contributed by atoms with Gasteiger partial charge in [-0.3, -0.25) is 4.79 Å². The molecule has 1 N–H and O–H groups in total. The number of ether oxygens (including phenoxy) is 1. The predicted octanol–water partition coefficient (Wildman–Crippen LogP) is 1.88. The van der Waals surface area contributed by atoms with Crippen molar-refractivity contribution in [3.63, 3.8) is 0 Å². The van der Waals surface area contributed by atoms with Gasteiger partial charge in [0.25, 0.3) is 0 Å². The Morgan fingerprint density at radius 3 is 3.07 bits per heavy atom. The molecule has 0 saturated carbocycles. The van der Waals surface area contributed by atoms with Crippen LogP contribution in [0.2, 0.25) is 0 Å². The lowest BCUT2D eigenvalue weighted by atomic mass is 10.2. The van der Waals surface area contributed by atoms with Gasteiger partial charge in [-0.15, -0.1) is 0 Å². The van der Waals surface area contributed by atoms with Crippen molar-refractivity contribution in [2.24, 2.45) is 0 Å². The number of carbonyl (C=O) groups excluding carboxylic acids is 1. The lowest BCUT2D eigenvalue weighted by molar-refractivity contribution is -0.140. The van der Waals surface area contributed by atoms with Crippen LogP contribution in [0.4, 0.5) is 0 Å². The van der Waals surface area contributed by atoms with E-state index in [0.717, 1.165) is 18.7 Å². The molecule has 0 radical (unpaired) electrons. The third-order valence-corrected chi connectivity index (χ3v) is 2.21. The molecule has 0 saturated heterocycles. The molecule has 1 rings (SSSR count). The Morgan fingerprint density at radius 2 is 2.47 bits per heavy atom. The number of hydrogen-bond acceptors (Lipinski definition) is 4. The minimum atomic E-state index is -0.164. The van der Waals surface area contributed by atoms with Gasteiger partial charge in [0, 0.05) is 6.42 Å². The molecule has 0 aliphatic heterocycles. The van der Waals surface area contributed by atoms with E-state index in [-0.39, 0.29) is 12.0 Å². The van der Waals surface area contributed by atoms with Gasteiger partial charge >= 0.3 is 5.97 Å². The van der Waals surface area contributed by atoms with Gasteiger partial charge in [0.2, 0.25) is 0 Å². The summed E-state index contributed by atoms with van der Waals surface area (Å²) in [5.41, 5.74) is 0. The molecule has 1 atom stereocenters. The van der Waals surface area contributed by atoms with Gasteiger partial charge in [-0.05, 0) is 32.0 Å². The third-order valence-electron chi connectivity index (χ3n) is 2.21. The Morgan fingerprint density at radius 1 is 1.67 bits per heavy atom. The van der Waals surface area contributed by atoms with Crippen LogP contribution in [0.15, 0.2) is 22.8 Å². The van der Waals surface area contributed by atoms with Gasteiger partial charge < -0.3 is 14.5 Å². The fraction of sp³-hybridized carbons (Fsp3) is 0.545. The zero-order chi connectivity index (χ0) is 11.1. The highest BCUT2D eigenvalue weighted by Crippen LogP contribution is 2.11. The summed E-state index contributed by atoms with van der Waals surface area (Å²) in [6, 6.07) is 3.97. The van der Waals surface area contributed by atoms with Gasteiger partial charge in [0.1, 0.15) is 5.76 Å². The highest BCUT2D eigenvalue weighted by atomic mass is 16.5. The number of esters is 1. The first kappa shape index (κ1) is 11.8. The van der Waals surface area contributed by atoms with E-state index in [2.05, 4.69) is 10.1 Å². The summed E-state index contributed by atoms with van der Waals surface area (Å²) in [7, 11) is 1.40. The monoisotopic (exact) mass is 211 g/mol. The fourth-order valence-electron chi connectivity index (χ4n) is 1.29. The van der Waals surface area contributed by atoms with Crippen molar-refractivity contribution in [2.75, 3.05) is 13.7 Å². The van der Waals surface area contributed by atoms with Crippen LogP contribution in [0, 0.1) is 0 Å². The van der Waals surface area contributed by atoms with Gasteiger partial charge in [0.15, 0.2) is 0 Å². The molecule has 4 heteroatoms. The molecule has 0 amide bonds. The Bertz CT molecular complexity index is 282. The Kier molecular flexibility index (Phi) is 4.90. The first-order chi connectivity index (χ1) is 7.24. The SMILES string of the molecule is COC(=O)CCCN[C@@H](C)c1ccco1. The lowest BCUT2D eigenvalue weighted by Gasteiger charge is -2.10. The summed E-state index contributed by atoms with van der Waals surface area (Å²) in [5, 5.41) is 3.26. The zero-order valence-electron chi connectivity index (χ0n) is 9.16. The summed E-state index contributed by atoms with van der Waals surface area (Å²) >= 11 is 0. The maximum Gasteiger partial charge on any atom is 0.305 e. The molecule has 15 heavy (non-hydrogen) atoms. The molecule has 84 valence electrons. The van der Waals surface area contributed by atoms with Crippen molar-refractivity contribution in [3.05, 3.63) is 24.2 Å². The van der Waals surface area contributed by atoms with E-state index in [4.69, 9.17) is 4.42 Å². The van der Waals surface area contributed by atoms with E-state index in [9.17, 15) is 4.79 Å². The lowest BCUT2D eigenvalue weighted by Crippen LogP contribution is -2.20. The van der Waals surface area contributed by atoms with Crippen LogP contribution in [-0.2, 0) is 9.53 Å². The highest BCUT2D eigenvalue weighted by Gasteiger charge is 2.07. The quantitative estimate of drug-likeness (QED) is 0.576. The second kappa shape index (κ2) is 6.24. The average molecular weight is 211 g/mol. The number of methoxy groups -OCH3 is 1. The predicted molar refractivity (Wildman–Crippen MR) is 56.4 cm³/mol. The van der Waals surface area contributed by atoms with E-state index in [1.54, 1.807) is 6.26 Å². The molecule has 0 unspecified atom stereocenters. The van der Waals surface area contributed by atoms with Crippen molar-refractivity contribution in [1.29, 1.82) is 0 Å². The van der Waals surface area contributed by atoms with Crippen molar-refractivity contribution in [3.8, 4) is 0 Å². The van der Waals surface area contributed by atoms with Crippen LogP contribution in [0.3, 0.4) is 0 Å². The average Bonchev–Trinajstić information content (AvgIpc) is 2.77. The molecule has 0 aliphatic rings. The third kappa shape index (κ3) is 4.16. The Balaban J connectivity index is 2.13. The van der Waals surface area contributed by atoms with Crippen LogP contribution in [0.1, 0.15) is 31.6 Å². The smallest absolute Gasteiger partial charge is 0.305 e. The maximum atomic E-state index is 10.8. The molecule has 0 fully saturated rings. The molecule has 0 aliphatic carbocycles. The summed E-state index contributed by atoms with van der Waals surface area (Å²) in [4.78, 5) is 10.8. The van der Waals surface area contributed by atoms with Gasteiger partial charge in [0.05, 0.1) is 19.4 Å². The number of rotatable bonds is 6. The largest absolute Gasteiger partial charge is 0.469 e. The van der Waals surface area contributed by atoms with E-state index in [1.165, 1.54) is 7.11 Å². The topological polar surface area (TPSA) is 51.5 Å². The number of furan rings is 1. The van der Waals surface area contributed by atoms with Crippen LogP contribution in [-0.4, -0.2) is 19.6 Å². The molecule has 0 bridgehead atoms. The molecule has 1 heterocycles. The van der Waals surface area contributed by atoms with E-state index < -0.39 is 0 Å². The molecule has 1 aromatic rings. The normalized spacial score (nSPS) is 12.4. The van der Waals surface area contributed by atoms with Gasteiger partial charge in [-0.1, -0.05) is 0 Å². The first-order valence-corrected chi connectivity index (χ1v) is 5.07. The van der Waals surface area contributed by atoms with Crippen LogP contribution in [0.25, 0.3) is 0 Å². The summed E-state index contributed by atoms with van der Waals surface area (Å²) < 4.78 is 9.78. The molecule has 0 aromatic carbocycles. The molecule has 4 nitrogen and oxygen atoms in total. The Hall–Kier alpha value is -1.29. The van der Waals surface area contributed by atoms with Crippen LogP contribution < -0.4 is 5.32 Å². The summed E-state index contributed by atoms with van der Waals surface area (Å²) in [6.45, 7) is 2.80. The van der Waals surface area contributed by atoms with Crippen molar-refractivity contribution in [2.45, 2.75) is 25.8 Å². The second-order valence-electron chi connectivity index (χ2n) is 3.37. The molecular weight excluding hydrogens is 194 g/mol. The number of hydrogen-bond donors (Lipinski definition) is 1. The molecule has 1 aromatic heterocycles. The van der Waals surface area contributed by atoms with Crippen LogP contribution >= 0.6 is 0 Å². The zero-order valence-corrected chi connectivity index (χ0v) is 9.16. The van der Waals surface area contributed by atoms with E-state index in [1.807, 2.05) is 19.1 Å². The van der Waals surface area contributed by atoms with Gasteiger partial charge in [-0.25, -0.2) is 0 Å². The standard InChI is InChI=1S/C11H17NO3/c1-9(10-5-4-8-15-10)12-7-3-6-11(13)14-2/h4-5,8-9,12H,3,6-7H2,1-2H3/t9-/m0/s1. The first-order valence-electron chi connectivity index (χ1n) is 5.07. The Labute approximate surface area is 89.6 Å². The second-order valence-corrected chi connectivity index (χ2v) is 3.37. The van der Waals surface area contributed by atoms with Crippen molar-refractivity contribution in [1.82, 2.24) is 5.32 Å².